The van der Waals surface area contributed by atoms with Gasteiger partial charge in [0, 0.05) is 19.3 Å². The third-order valence-electron chi connectivity index (χ3n) is 3.83. The molecule has 1 aliphatic rings. The summed E-state index contributed by atoms with van der Waals surface area (Å²) in [5, 5.41) is 10.3. The van der Waals surface area contributed by atoms with Gasteiger partial charge in [-0.15, -0.1) is 0 Å². The van der Waals surface area contributed by atoms with E-state index in [1.807, 2.05) is 12.1 Å². The van der Waals surface area contributed by atoms with Gasteiger partial charge in [0.25, 0.3) is 0 Å². The van der Waals surface area contributed by atoms with E-state index >= 15 is 0 Å². The number of anilines is 1. The van der Waals surface area contributed by atoms with E-state index in [-0.39, 0.29) is 5.91 Å². The lowest BCUT2D eigenvalue weighted by Crippen LogP contribution is -2.42. The van der Waals surface area contributed by atoms with Crippen molar-refractivity contribution in [3.63, 3.8) is 0 Å². The van der Waals surface area contributed by atoms with Crippen LogP contribution in [-0.2, 0) is 11.2 Å². The molecule has 4 heteroatoms. The number of aliphatic hydroxyl groups is 1. The van der Waals surface area contributed by atoms with E-state index in [9.17, 15) is 9.90 Å². The van der Waals surface area contributed by atoms with Gasteiger partial charge in [0.1, 0.15) is 0 Å². The summed E-state index contributed by atoms with van der Waals surface area (Å²) < 4.78 is 0. The zero-order valence-electron chi connectivity index (χ0n) is 11.4. The smallest absolute Gasteiger partial charge is 0.226 e. The Balaban J connectivity index is 1.90. The molecule has 2 rings (SSSR count). The SMILES string of the molecule is CN(CC1(O)CCCC1)C(=O)Cc1ccc(N)cc1. The first-order valence-electron chi connectivity index (χ1n) is 6.79. The highest BCUT2D eigenvalue weighted by Crippen LogP contribution is 2.30. The first kappa shape index (κ1) is 13.9. The molecule has 4 nitrogen and oxygen atoms in total. The van der Waals surface area contributed by atoms with Gasteiger partial charge in [0.2, 0.25) is 5.91 Å². The molecular weight excluding hydrogens is 240 g/mol. The number of amides is 1. The maximum atomic E-state index is 12.1. The third-order valence-corrected chi connectivity index (χ3v) is 3.83. The lowest BCUT2D eigenvalue weighted by atomic mass is 10.0. The van der Waals surface area contributed by atoms with Crippen molar-refractivity contribution in [2.45, 2.75) is 37.7 Å². The van der Waals surface area contributed by atoms with Crippen molar-refractivity contribution in [1.29, 1.82) is 0 Å². The number of nitrogens with two attached hydrogens (primary N) is 1. The van der Waals surface area contributed by atoms with Crippen LogP contribution in [0.2, 0.25) is 0 Å². The van der Waals surface area contributed by atoms with Crippen LogP contribution in [0.3, 0.4) is 0 Å². The largest absolute Gasteiger partial charge is 0.399 e. The second-order valence-corrected chi connectivity index (χ2v) is 5.60. The van der Waals surface area contributed by atoms with Crippen LogP contribution in [0.5, 0.6) is 0 Å². The number of hydrogen-bond acceptors (Lipinski definition) is 3. The molecular formula is C15H22N2O2. The van der Waals surface area contributed by atoms with Crippen molar-refractivity contribution in [2.24, 2.45) is 0 Å². The zero-order valence-corrected chi connectivity index (χ0v) is 11.4. The van der Waals surface area contributed by atoms with E-state index in [1.165, 1.54) is 0 Å². The summed E-state index contributed by atoms with van der Waals surface area (Å²) in [7, 11) is 1.76. The molecule has 0 aromatic heterocycles. The predicted molar refractivity (Wildman–Crippen MR) is 75.6 cm³/mol. The van der Waals surface area contributed by atoms with Gasteiger partial charge < -0.3 is 15.7 Å². The lowest BCUT2D eigenvalue weighted by Gasteiger charge is -2.28. The van der Waals surface area contributed by atoms with Crippen molar-refractivity contribution in [3.8, 4) is 0 Å². The van der Waals surface area contributed by atoms with Crippen LogP contribution >= 0.6 is 0 Å². The highest BCUT2D eigenvalue weighted by Gasteiger charge is 2.33. The number of carbonyl (C=O) groups excluding carboxylic acids is 1. The van der Waals surface area contributed by atoms with E-state index in [4.69, 9.17) is 5.73 Å². The Morgan fingerprint density at radius 1 is 1.32 bits per heavy atom. The normalized spacial score (nSPS) is 17.4. The van der Waals surface area contributed by atoms with Crippen LogP contribution < -0.4 is 5.73 Å². The molecule has 19 heavy (non-hydrogen) atoms. The van der Waals surface area contributed by atoms with Crippen molar-refractivity contribution < 1.29 is 9.90 Å². The molecule has 1 aromatic rings. The van der Waals surface area contributed by atoms with E-state index in [0.29, 0.717) is 18.7 Å². The van der Waals surface area contributed by atoms with E-state index < -0.39 is 5.60 Å². The highest BCUT2D eigenvalue weighted by atomic mass is 16.3. The van der Waals surface area contributed by atoms with E-state index in [2.05, 4.69) is 0 Å². The zero-order chi connectivity index (χ0) is 13.9. The molecule has 1 amide bonds. The molecule has 0 atom stereocenters. The third kappa shape index (κ3) is 3.70. The molecule has 0 saturated heterocycles. The molecule has 104 valence electrons. The Hall–Kier alpha value is -1.55. The summed E-state index contributed by atoms with van der Waals surface area (Å²) in [5.41, 5.74) is 6.59. The monoisotopic (exact) mass is 262 g/mol. The molecule has 1 saturated carbocycles. The molecule has 0 radical (unpaired) electrons. The quantitative estimate of drug-likeness (QED) is 0.809. The Kier molecular flexibility index (Phi) is 4.10. The second-order valence-electron chi connectivity index (χ2n) is 5.60. The summed E-state index contributed by atoms with van der Waals surface area (Å²) in [6.45, 7) is 0.431. The van der Waals surface area contributed by atoms with Crippen LogP contribution in [0, 0.1) is 0 Å². The lowest BCUT2D eigenvalue weighted by molar-refractivity contribution is -0.132. The molecule has 1 fully saturated rings. The number of likely N-dealkylation sites (N-methyl/N-ethyl adjacent to an activating group) is 1. The molecule has 0 spiro atoms. The molecule has 0 unspecified atom stereocenters. The Bertz CT molecular complexity index is 436. The van der Waals surface area contributed by atoms with Crippen LogP contribution in [0.15, 0.2) is 24.3 Å². The minimum Gasteiger partial charge on any atom is -0.399 e. The predicted octanol–water partition coefficient (Wildman–Crippen LogP) is 1.57. The first-order valence-corrected chi connectivity index (χ1v) is 6.79. The maximum Gasteiger partial charge on any atom is 0.226 e. The summed E-state index contributed by atoms with van der Waals surface area (Å²) >= 11 is 0. The summed E-state index contributed by atoms with van der Waals surface area (Å²) in [5.74, 6) is 0.0325. The van der Waals surface area contributed by atoms with E-state index in [1.54, 1.807) is 24.1 Å². The van der Waals surface area contributed by atoms with Gasteiger partial charge in [-0.25, -0.2) is 0 Å². The van der Waals surface area contributed by atoms with Crippen LogP contribution in [-0.4, -0.2) is 35.1 Å². The number of hydrogen-bond donors (Lipinski definition) is 2. The first-order chi connectivity index (χ1) is 8.98. The van der Waals surface area contributed by atoms with Crippen molar-refractivity contribution in [3.05, 3.63) is 29.8 Å². The van der Waals surface area contributed by atoms with Crippen LogP contribution in [0.1, 0.15) is 31.2 Å². The average Bonchev–Trinajstić information content (AvgIpc) is 2.78. The van der Waals surface area contributed by atoms with Gasteiger partial charge in [0.05, 0.1) is 12.0 Å². The average molecular weight is 262 g/mol. The molecule has 0 heterocycles. The fourth-order valence-electron chi connectivity index (χ4n) is 2.67. The molecule has 1 aliphatic carbocycles. The molecule has 3 N–H and O–H groups in total. The van der Waals surface area contributed by atoms with Gasteiger partial charge in [0.15, 0.2) is 0 Å². The fourth-order valence-corrected chi connectivity index (χ4v) is 2.67. The standard InChI is InChI=1S/C15H22N2O2/c1-17(11-15(19)8-2-3-9-15)14(18)10-12-4-6-13(16)7-5-12/h4-7,19H,2-3,8-11,16H2,1H3. The molecule has 1 aromatic carbocycles. The summed E-state index contributed by atoms with van der Waals surface area (Å²) in [4.78, 5) is 13.8. The van der Waals surface area contributed by atoms with E-state index in [0.717, 1.165) is 31.2 Å². The van der Waals surface area contributed by atoms with Crippen molar-refractivity contribution >= 4 is 11.6 Å². The van der Waals surface area contributed by atoms with Gasteiger partial charge in [-0.3, -0.25) is 4.79 Å². The van der Waals surface area contributed by atoms with Gasteiger partial charge in [-0.05, 0) is 30.5 Å². The number of rotatable bonds is 4. The van der Waals surface area contributed by atoms with Gasteiger partial charge in [-0.2, -0.15) is 0 Å². The Labute approximate surface area is 114 Å². The van der Waals surface area contributed by atoms with Crippen LogP contribution in [0.4, 0.5) is 5.69 Å². The summed E-state index contributed by atoms with van der Waals surface area (Å²) in [6, 6.07) is 7.33. The number of nitrogens with zero attached hydrogens (tertiary/aromatic N) is 1. The maximum absolute atomic E-state index is 12.1. The van der Waals surface area contributed by atoms with Crippen LogP contribution in [0.25, 0.3) is 0 Å². The number of carbonyl (C=O) groups is 1. The topological polar surface area (TPSA) is 66.6 Å². The fraction of sp³-hybridized carbons (Fsp3) is 0.533. The number of nitrogen functional groups attached to an aromatic ring is 1. The van der Waals surface area contributed by atoms with Gasteiger partial charge >= 0.3 is 0 Å². The van der Waals surface area contributed by atoms with Gasteiger partial charge in [-0.1, -0.05) is 25.0 Å². The molecule has 0 bridgehead atoms. The Morgan fingerprint density at radius 2 is 1.89 bits per heavy atom. The highest BCUT2D eigenvalue weighted by molar-refractivity contribution is 5.78. The number of benzene rings is 1. The van der Waals surface area contributed by atoms with Crippen molar-refractivity contribution in [1.82, 2.24) is 4.90 Å². The minimum absolute atomic E-state index is 0.0325. The molecule has 0 aliphatic heterocycles. The minimum atomic E-state index is -0.675. The second kappa shape index (κ2) is 5.61. The summed E-state index contributed by atoms with van der Waals surface area (Å²) in [6.07, 6.45) is 4.05. The Morgan fingerprint density at radius 3 is 2.47 bits per heavy atom. The van der Waals surface area contributed by atoms with Crippen molar-refractivity contribution in [2.75, 3.05) is 19.3 Å².